The summed E-state index contributed by atoms with van der Waals surface area (Å²) < 4.78 is 5.29. The Hall–Kier alpha value is -2.98. The highest BCUT2D eigenvalue weighted by Crippen LogP contribution is 2.15. The predicted octanol–water partition coefficient (Wildman–Crippen LogP) is 3.97. The Bertz CT molecular complexity index is 804. The van der Waals surface area contributed by atoms with Gasteiger partial charge < -0.3 is 20.0 Å². The lowest BCUT2D eigenvalue weighted by molar-refractivity contribution is -0.197. The van der Waals surface area contributed by atoms with Crippen molar-refractivity contribution < 1.29 is 43.4 Å². The van der Waals surface area contributed by atoms with Gasteiger partial charge >= 0.3 is 17.9 Å². The van der Waals surface area contributed by atoms with Gasteiger partial charge in [0.2, 0.25) is 5.91 Å². The second kappa shape index (κ2) is 17.5. The maximum absolute atomic E-state index is 12.1. The number of rotatable bonds is 19. The van der Waals surface area contributed by atoms with Crippen LogP contribution in [-0.2, 0) is 38.3 Å². The van der Waals surface area contributed by atoms with Crippen molar-refractivity contribution in [2.45, 2.75) is 135 Å². The lowest BCUT2D eigenvalue weighted by atomic mass is 10.0. The van der Waals surface area contributed by atoms with Crippen molar-refractivity contribution in [1.82, 2.24) is 10.4 Å². The fourth-order valence-corrected chi connectivity index (χ4v) is 3.95. The molecule has 1 heterocycles. The monoisotopic (exact) mass is 540 g/mol. The van der Waals surface area contributed by atoms with E-state index < -0.39 is 41.3 Å². The zero-order chi connectivity index (χ0) is 28.6. The molecule has 0 spiro atoms. The van der Waals surface area contributed by atoms with Crippen molar-refractivity contribution in [3.8, 4) is 0 Å². The van der Waals surface area contributed by atoms with Crippen LogP contribution in [0, 0.1) is 0 Å². The standard InChI is InChI=1S/C27H44N2O9/c1-27(2,3)37-24(33)15-13-11-9-7-5-4-6-8-10-12-14-21(30)28-20(26(35)36)16-19-25(34)38-29-22(31)17-18-23(29)32/h20H,4-19H2,1-3H3,(H,28,30)(H,35,36). The number of carboxylic acid groups (broad SMARTS) is 1. The van der Waals surface area contributed by atoms with E-state index in [9.17, 15) is 33.9 Å². The highest BCUT2D eigenvalue weighted by atomic mass is 16.7. The summed E-state index contributed by atoms with van der Waals surface area (Å²) >= 11 is 0. The molecule has 216 valence electrons. The number of imide groups is 1. The van der Waals surface area contributed by atoms with Crippen molar-refractivity contribution in [2.75, 3.05) is 0 Å². The number of hydroxylamine groups is 2. The molecule has 0 aromatic rings. The molecule has 0 aromatic heterocycles. The molecule has 11 nitrogen and oxygen atoms in total. The average Bonchev–Trinajstić information content (AvgIpc) is 3.13. The molecule has 0 radical (unpaired) electrons. The summed E-state index contributed by atoms with van der Waals surface area (Å²) in [5.41, 5.74) is -0.430. The lowest BCUT2D eigenvalue weighted by Gasteiger charge is -2.19. The average molecular weight is 541 g/mol. The first-order valence-electron chi connectivity index (χ1n) is 13.7. The first kappa shape index (κ1) is 33.0. The molecule has 3 amide bonds. The van der Waals surface area contributed by atoms with E-state index in [2.05, 4.69) is 5.32 Å². The Kier molecular flexibility index (Phi) is 15.2. The molecule has 1 rings (SSSR count). The van der Waals surface area contributed by atoms with E-state index in [4.69, 9.17) is 9.57 Å². The largest absolute Gasteiger partial charge is 0.480 e. The maximum Gasteiger partial charge on any atom is 0.333 e. The SMILES string of the molecule is CC(C)(C)OC(=O)CCCCCCCCCCCCC(=O)NC(CCC(=O)ON1C(=O)CCC1=O)C(=O)O. The molecule has 1 saturated heterocycles. The van der Waals surface area contributed by atoms with E-state index in [1.165, 1.54) is 0 Å². The number of hydrogen-bond acceptors (Lipinski definition) is 8. The third-order valence-electron chi connectivity index (χ3n) is 5.92. The van der Waals surface area contributed by atoms with Gasteiger partial charge in [0, 0.05) is 25.7 Å². The highest BCUT2D eigenvalue weighted by Gasteiger charge is 2.33. The van der Waals surface area contributed by atoms with Gasteiger partial charge in [-0.3, -0.25) is 19.2 Å². The summed E-state index contributed by atoms with van der Waals surface area (Å²) in [7, 11) is 0. The molecule has 2 N–H and O–H groups in total. The van der Waals surface area contributed by atoms with Crippen LogP contribution in [0.3, 0.4) is 0 Å². The quantitative estimate of drug-likeness (QED) is 0.141. The lowest BCUT2D eigenvalue weighted by Crippen LogP contribution is -2.41. The third-order valence-corrected chi connectivity index (χ3v) is 5.92. The second-order valence-corrected chi connectivity index (χ2v) is 10.7. The predicted molar refractivity (Wildman–Crippen MR) is 137 cm³/mol. The second-order valence-electron chi connectivity index (χ2n) is 10.7. The molecule has 0 aromatic carbocycles. The summed E-state index contributed by atoms with van der Waals surface area (Å²) in [5, 5.41) is 12.1. The molecule has 0 aliphatic carbocycles. The number of unbranched alkanes of at least 4 members (excludes halogenated alkanes) is 9. The van der Waals surface area contributed by atoms with Gasteiger partial charge in [-0.25, -0.2) is 9.59 Å². The van der Waals surface area contributed by atoms with Gasteiger partial charge in [-0.05, 0) is 40.0 Å². The maximum atomic E-state index is 12.1. The van der Waals surface area contributed by atoms with Crippen LogP contribution in [0.5, 0.6) is 0 Å². The summed E-state index contributed by atoms with van der Waals surface area (Å²) in [6.45, 7) is 5.60. The van der Waals surface area contributed by atoms with Crippen LogP contribution in [0.4, 0.5) is 0 Å². The van der Waals surface area contributed by atoms with Gasteiger partial charge in [-0.1, -0.05) is 51.4 Å². The van der Waals surface area contributed by atoms with Gasteiger partial charge in [0.1, 0.15) is 11.6 Å². The number of carbonyl (C=O) groups excluding carboxylic acids is 5. The van der Waals surface area contributed by atoms with E-state index in [0.29, 0.717) is 17.9 Å². The molecule has 1 unspecified atom stereocenters. The first-order chi connectivity index (χ1) is 17.9. The first-order valence-corrected chi connectivity index (χ1v) is 13.7. The Balaban J connectivity index is 2.05. The number of hydrogen-bond donors (Lipinski definition) is 2. The summed E-state index contributed by atoms with van der Waals surface area (Å²) in [6.07, 6.45) is 9.95. The number of amides is 3. The number of ether oxygens (including phenoxy) is 1. The van der Waals surface area contributed by atoms with Gasteiger partial charge in [0.05, 0.1) is 6.42 Å². The molecule has 1 aliphatic heterocycles. The van der Waals surface area contributed by atoms with E-state index in [1.807, 2.05) is 20.8 Å². The number of carbonyl (C=O) groups is 6. The van der Waals surface area contributed by atoms with Crippen LogP contribution in [-0.4, -0.2) is 57.4 Å². The summed E-state index contributed by atoms with van der Waals surface area (Å²) in [6, 6.07) is -1.26. The third kappa shape index (κ3) is 15.3. The van der Waals surface area contributed by atoms with Crippen molar-refractivity contribution in [1.29, 1.82) is 0 Å². The molecule has 1 fully saturated rings. The molecule has 1 aliphatic rings. The fourth-order valence-electron chi connectivity index (χ4n) is 3.95. The van der Waals surface area contributed by atoms with E-state index >= 15 is 0 Å². The van der Waals surface area contributed by atoms with Crippen molar-refractivity contribution in [2.24, 2.45) is 0 Å². The number of carboxylic acids is 1. The minimum absolute atomic E-state index is 0.0291. The molecule has 11 heteroatoms. The number of aliphatic carboxylic acids is 1. The zero-order valence-corrected chi connectivity index (χ0v) is 23.1. The molecule has 0 saturated carbocycles. The van der Waals surface area contributed by atoms with E-state index in [-0.39, 0.29) is 38.1 Å². The normalized spacial score (nSPS) is 14.3. The van der Waals surface area contributed by atoms with Gasteiger partial charge in [-0.15, -0.1) is 5.06 Å². The Morgan fingerprint density at radius 1 is 0.789 bits per heavy atom. The Morgan fingerprint density at radius 2 is 1.26 bits per heavy atom. The van der Waals surface area contributed by atoms with E-state index in [0.717, 1.165) is 57.8 Å². The fraction of sp³-hybridized carbons (Fsp3) is 0.778. The molecule has 38 heavy (non-hydrogen) atoms. The zero-order valence-electron chi connectivity index (χ0n) is 23.1. The number of nitrogens with zero attached hydrogens (tertiary/aromatic N) is 1. The molecular formula is C27H44N2O9. The molecule has 1 atom stereocenters. The van der Waals surface area contributed by atoms with Crippen LogP contribution in [0.1, 0.15) is 124 Å². The summed E-state index contributed by atoms with van der Waals surface area (Å²) in [5.74, 6) is -3.95. The van der Waals surface area contributed by atoms with Crippen molar-refractivity contribution >= 4 is 35.6 Å². The van der Waals surface area contributed by atoms with Crippen LogP contribution in [0.15, 0.2) is 0 Å². The molecule has 0 bridgehead atoms. The number of nitrogens with one attached hydrogen (secondary N) is 1. The Morgan fingerprint density at radius 3 is 1.74 bits per heavy atom. The molecular weight excluding hydrogens is 496 g/mol. The smallest absolute Gasteiger partial charge is 0.333 e. The van der Waals surface area contributed by atoms with Crippen LogP contribution >= 0.6 is 0 Å². The van der Waals surface area contributed by atoms with Crippen LogP contribution in [0.2, 0.25) is 0 Å². The number of esters is 1. The van der Waals surface area contributed by atoms with Gasteiger partial charge in [0.15, 0.2) is 0 Å². The highest BCUT2D eigenvalue weighted by molar-refractivity contribution is 6.01. The van der Waals surface area contributed by atoms with Gasteiger partial charge in [0.25, 0.3) is 11.8 Å². The summed E-state index contributed by atoms with van der Waals surface area (Å²) in [4.78, 5) is 74.7. The minimum atomic E-state index is -1.27. The van der Waals surface area contributed by atoms with Crippen LogP contribution < -0.4 is 5.32 Å². The van der Waals surface area contributed by atoms with Crippen LogP contribution in [0.25, 0.3) is 0 Å². The Labute approximate surface area is 224 Å². The van der Waals surface area contributed by atoms with Crippen molar-refractivity contribution in [3.63, 3.8) is 0 Å². The van der Waals surface area contributed by atoms with Crippen molar-refractivity contribution in [3.05, 3.63) is 0 Å². The van der Waals surface area contributed by atoms with Gasteiger partial charge in [-0.2, -0.15) is 0 Å². The minimum Gasteiger partial charge on any atom is -0.480 e. The topological polar surface area (TPSA) is 156 Å². The van der Waals surface area contributed by atoms with E-state index in [1.54, 1.807) is 0 Å².